The minimum absolute atomic E-state index is 0.325. The van der Waals surface area contributed by atoms with Gasteiger partial charge in [0.15, 0.2) is 18.4 Å². The van der Waals surface area contributed by atoms with Crippen molar-refractivity contribution in [2.24, 2.45) is 0 Å². The Hall–Kier alpha value is -1.49. The molecule has 0 saturated carbocycles. The van der Waals surface area contributed by atoms with Crippen LogP contribution in [0, 0.1) is 0 Å². The second-order valence-corrected chi connectivity index (χ2v) is 17.1. The molecule has 1 saturated heterocycles. The molecule has 0 bridgehead atoms. The first kappa shape index (κ1) is 34.7. The van der Waals surface area contributed by atoms with Crippen molar-refractivity contribution < 1.29 is 61.7 Å². The molecule has 1 fully saturated rings. The van der Waals surface area contributed by atoms with Gasteiger partial charge in [-0.1, -0.05) is 0 Å². The highest BCUT2D eigenvalue weighted by Gasteiger charge is 2.57. The van der Waals surface area contributed by atoms with Gasteiger partial charge >= 0.3 is 31.9 Å². The second-order valence-electron chi connectivity index (χ2n) is 8.77. The molecule has 2 rings (SSSR count). The normalized spacial score (nSPS) is 22.9. The summed E-state index contributed by atoms with van der Waals surface area (Å²) in [7, 11) is -2.28. The average molecular weight is 632 g/mol. The molecule has 1 unspecified atom stereocenters. The number of hydrogen-bond donors (Lipinski definition) is 1. The maximum absolute atomic E-state index is 12.7. The van der Waals surface area contributed by atoms with Crippen molar-refractivity contribution in [2.75, 3.05) is 34.0 Å². The first-order valence-corrected chi connectivity index (χ1v) is 16.8. The Balaban J connectivity index is 2.46. The molecule has 0 aliphatic carbocycles. The van der Waals surface area contributed by atoms with E-state index in [1.54, 1.807) is 27.7 Å². The highest BCUT2D eigenvalue weighted by Crippen LogP contribution is 2.89. The van der Waals surface area contributed by atoms with Crippen molar-refractivity contribution in [3.8, 4) is 5.88 Å². The van der Waals surface area contributed by atoms with Crippen LogP contribution in [-0.4, -0.2) is 90.9 Å². The van der Waals surface area contributed by atoms with E-state index < -0.39 is 82.1 Å². The molecule has 0 aromatic carbocycles. The SMILES string of the molecule is CO[P+]([O-])(OC)[P+](O)([S-])OC[C@H]1O[C@@H](n2ccc([O-])nc2=O)[C@H](OC(=O)COC(C)C)[C@@H]1OC(=O)COC(C)C. The molecule has 1 aliphatic rings. The number of esters is 2. The summed E-state index contributed by atoms with van der Waals surface area (Å²) in [5.74, 6) is -2.62. The fourth-order valence-electron chi connectivity index (χ4n) is 3.29. The van der Waals surface area contributed by atoms with E-state index in [1.807, 2.05) is 0 Å². The fraction of sp³-hybridized carbons (Fsp3) is 0.714. The lowest BCUT2D eigenvalue weighted by Crippen LogP contribution is -2.43. The summed E-state index contributed by atoms with van der Waals surface area (Å²) in [4.78, 5) is 64.4. The number of carbonyl (C=O) groups is 2. The van der Waals surface area contributed by atoms with Gasteiger partial charge in [0.2, 0.25) is 0 Å². The van der Waals surface area contributed by atoms with Crippen LogP contribution in [0.5, 0.6) is 5.88 Å². The summed E-state index contributed by atoms with van der Waals surface area (Å²) >= 11 is 4.97. The van der Waals surface area contributed by atoms with Crippen LogP contribution in [0.1, 0.15) is 33.9 Å². The molecular formula is C21H33N2O14P2S-. The van der Waals surface area contributed by atoms with Crippen molar-refractivity contribution in [3.63, 3.8) is 0 Å². The Morgan fingerprint density at radius 3 is 2.10 bits per heavy atom. The Morgan fingerprint density at radius 2 is 1.62 bits per heavy atom. The third-order valence-corrected chi connectivity index (χ3v) is 12.5. The monoisotopic (exact) mass is 631 g/mol. The lowest BCUT2D eigenvalue weighted by molar-refractivity contribution is -0.275. The highest BCUT2D eigenvalue weighted by molar-refractivity contribution is 8.68. The predicted molar refractivity (Wildman–Crippen MR) is 137 cm³/mol. The standard InChI is InChI=1S/C21H34N2O14P2S/c1-12(2)32-10-16(25)36-18-14(9-34-39(29,40)38(28,30-5)31-6)35-20(23-8-7-15(24)22-21(23)27)19(18)37-17(26)11-33-13(3)4/h7-8,12-14,18-20H,9-11H2,1-6H3,(H,29,40)(H,22,24,27)/p-1/t14-,18-,19-,20-,39?/m1/s1. The molecule has 2 heterocycles. The molecule has 228 valence electrons. The van der Waals surface area contributed by atoms with Crippen molar-refractivity contribution in [2.45, 2.75) is 64.4 Å². The van der Waals surface area contributed by atoms with E-state index in [0.717, 1.165) is 31.0 Å². The van der Waals surface area contributed by atoms with Gasteiger partial charge < -0.3 is 45.9 Å². The maximum Gasteiger partial charge on any atom is 0.406 e. The molecule has 1 aliphatic heterocycles. The first-order chi connectivity index (χ1) is 18.6. The quantitative estimate of drug-likeness (QED) is 0.147. The Bertz CT molecular complexity index is 1050. The van der Waals surface area contributed by atoms with Crippen molar-refractivity contribution in [1.82, 2.24) is 9.55 Å². The topological polar surface area (TPSA) is 209 Å². The van der Waals surface area contributed by atoms with Crippen LogP contribution in [0.2, 0.25) is 0 Å². The van der Waals surface area contributed by atoms with E-state index in [-0.39, 0.29) is 12.2 Å². The molecule has 1 N–H and O–H groups in total. The summed E-state index contributed by atoms with van der Waals surface area (Å²) < 4.78 is 43.1. The Morgan fingerprint density at radius 1 is 1.10 bits per heavy atom. The van der Waals surface area contributed by atoms with E-state index >= 15 is 0 Å². The summed E-state index contributed by atoms with van der Waals surface area (Å²) in [6.45, 7) is 0.817. The van der Waals surface area contributed by atoms with E-state index in [2.05, 4.69) is 4.98 Å². The maximum atomic E-state index is 12.7. The molecule has 1 aromatic rings. The molecular weight excluding hydrogens is 598 g/mol. The minimum atomic E-state index is -4.28. The zero-order valence-corrected chi connectivity index (χ0v) is 25.3. The lowest BCUT2D eigenvalue weighted by atomic mass is 10.1. The van der Waals surface area contributed by atoms with Crippen molar-refractivity contribution >= 4 is 38.4 Å². The fourth-order valence-corrected chi connectivity index (χ4v) is 7.58. The third-order valence-electron chi connectivity index (χ3n) is 5.15. The van der Waals surface area contributed by atoms with Gasteiger partial charge in [0.05, 0.1) is 26.4 Å². The zero-order chi connectivity index (χ0) is 30.3. The molecule has 19 heteroatoms. The van der Waals surface area contributed by atoms with Gasteiger partial charge in [0, 0.05) is 6.20 Å². The first-order valence-electron chi connectivity index (χ1n) is 11.9. The molecule has 16 nitrogen and oxygen atoms in total. The van der Waals surface area contributed by atoms with Gasteiger partial charge in [-0.05, 0) is 39.6 Å². The van der Waals surface area contributed by atoms with E-state index in [9.17, 15) is 29.3 Å². The van der Waals surface area contributed by atoms with E-state index in [4.69, 9.17) is 49.5 Å². The lowest BCUT2D eigenvalue weighted by Gasteiger charge is -2.33. The average Bonchev–Trinajstić information content (AvgIpc) is 3.20. The van der Waals surface area contributed by atoms with Gasteiger partial charge in [-0.15, -0.1) is 0 Å². The summed E-state index contributed by atoms with van der Waals surface area (Å²) in [5, 5.41) is 11.6. The van der Waals surface area contributed by atoms with Crippen LogP contribution >= 0.6 is 14.2 Å². The number of hydrogen-bond acceptors (Lipinski definition) is 16. The van der Waals surface area contributed by atoms with Crippen LogP contribution in [0.3, 0.4) is 0 Å². The zero-order valence-electron chi connectivity index (χ0n) is 22.7. The molecule has 0 radical (unpaired) electrons. The molecule has 5 atom stereocenters. The largest absolute Gasteiger partial charge is 0.858 e. The number of nitrogens with zero attached hydrogens (tertiary/aromatic N) is 2. The van der Waals surface area contributed by atoms with Gasteiger partial charge in [-0.2, -0.15) is 13.6 Å². The number of aromatic nitrogens is 2. The van der Waals surface area contributed by atoms with Gasteiger partial charge in [0.1, 0.15) is 25.9 Å². The van der Waals surface area contributed by atoms with Crippen LogP contribution in [0.15, 0.2) is 17.1 Å². The van der Waals surface area contributed by atoms with Gasteiger partial charge in [0.25, 0.3) is 0 Å². The highest BCUT2D eigenvalue weighted by atomic mass is 32.9. The van der Waals surface area contributed by atoms with Crippen LogP contribution in [0.25, 0.3) is 0 Å². The molecule has 40 heavy (non-hydrogen) atoms. The van der Waals surface area contributed by atoms with Crippen molar-refractivity contribution in [1.29, 1.82) is 0 Å². The predicted octanol–water partition coefficient (Wildman–Crippen LogP) is -0.463. The van der Waals surface area contributed by atoms with Gasteiger partial charge in [-0.25, -0.2) is 24.3 Å². The smallest absolute Gasteiger partial charge is 0.406 e. The van der Waals surface area contributed by atoms with Crippen LogP contribution in [-0.2, 0) is 59.1 Å². The third kappa shape index (κ3) is 9.26. The number of rotatable bonds is 15. The number of ether oxygens (including phenoxy) is 5. The summed E-state index contributed by atoms with van der Waals surface area (Å²) in [5.41, 5.74) is -1.05. The van der Waals surface area contributed by atoms with Crippen LogP contribution < -0.4 is 15.7 Å². The van der Waals surface area contributed by atoms with E-state index in [0.29, 0.717) is 0 Å². The number of carbonyl (C=O) groups excluding carboxylic acids is 2. The second kappa shape index (κ2) is 15.1. The van der Waals surface area contributed by atoms with Gasteiger partial charge in [-0.3, -0.25) is 4.57 Å². The minimum Gasteiger partial charge on any atom is -0.858 e. The summed E-state index contributed by atoms with van der Waals surface area (Å²) in [6, 6.07) is 0.966. The van der Waals surface area contributed by atoms with E-state index in [1.165, 1.54) is 0 Å². The molecule has 0 spiro atoms. The molecule has 1 aromatic heterocycles. The summed E-state index contributed by atoms with van der Waals surface area (Å²) in [6.07, 6.45) is -5.44. The van der Waals surface area contributed by atoms with Crippen LogP contribution in [0.4, 0.5) is 0 Å². The Kier molecular flexibility index (Phi) is 13.1. The molecule has 0 amide bonds. The van der Waals surface area contributed by atoms with Crippen molar-refractivity contribution in [3.05, 3.63) is 22.7 Å². The Labute approximate surface area is 236 Å².